The molecule has 0 aliphatic rings. The first-order valence-corrected chi connectivity index (χ1v) is 6.89. The summed E-state index contributed by atoms with van der Waals surface area (Å²) in [4.78, 5) is 0. The predicted molar refractivity (Wildman–Crippen MR) is 80.3 cm³/mol. The van der Waals surface area contributed by atoms with Crippen LogP contribution in [-0.4, -0.2) is 10.7 Å². The Hall–Kier alpha value is -1.67. The van der Waals surface area contributed by atoms with Gasteiger partial charge in [-0.2, -0.15) is 0 Å². The Morgan fingerprint density at radius 1 is 0.950 bits per heavy atom. The molecule has 2 rings (SSSR count). The first-order chi connectivity index (χ1) is 9.35. The molecule has 2 aromatic rings. The first-order valence-electron chi connectivity index (χ1n) is 6.89. The molecule has 1 N–H and O–H groups in total. The van der Waals surface area contributed by atoms with E-state index < -0.39 is 5.60 Å². The fourth-order valence-corrected chi connectivity index (χ4v) is 2.50. The topological polar surface area (TPSA) is 20.2 Å². The van der Waals surface area contributed by atoms with E-state index in [2.05, 4.69) is 26.0 Å². The van der Waals surface area contributed by atoms with Crippen molar-refractivity contribution in [2.75, 3.05) is 0 Å². The summed E-state index contributed by atoms with van der Waals surface area (Å²) in [6.45, 7) is 5.94. The number of hydrogen-bond acceptors (Lipinski definition) is 1. The molecule has 0 saturated heterocycles. The average molecular weight is 272 g/mol. The van der Waals surface area contributed by atoms with E-state index in [0.29, 0.717) is 12.8 Å². The maximum absolute atomic E-state index is 13.2. The van der Waals surface area contributed by atoms with Crippen LogP contribution in [0, 0.1) is 19.7 Å². The van der Waals surface area contributed by atoms with Gasteiger partial charge in [-0.1, -0.05) is 30.3 Å². The van der Waals surface area contributed by atoms with Crippen LogP contribution in [0.2, 0.25) is 0 Å². The number of aliphatic hydroxyl groups is 1. The third-order valence-corrected chi connectivity index (χ3v) is 3.63. The summed E-state index contributed by atoms with van der Waals surface area (Å²) >= 11 is 0. The molecule has 0 heterocycles. The van der Waals surface area contributed by atoms with Crippen molar-refractivity contribution >= 4 is 0 Å². The second-order valence-electron chi connectivity index (χ2n) is 5.90. The lowest BCUT2D eigenvalue weighted by molar-refractivity contribution is 0.0608. The van der Waals surface area contributed by atoms with E-state index in [-0.39, 0.29) is 5.82 Å². The van der Waals surface area contributed by atoms with Crippen LogP contribution < -0.4 is 0 Å². The Balaban J connectivity index is 2.12. The molecule has 2 aromatic carbocycles. The zero-order chi connectivity index (χ0) is 14.8. The van der Waals surface area contributed by atoms with E-state index in [9.17, 15) is 9.50 Å². The number of halogens is 1. The minimum Gasteiger partial charge on any atom is -0.389 e. The van der Waals surface area contributed by atoms with Crippen LogP contribution in [-0.2, 0) is 12.8 Å². The van der Waals surface area contributed by atoms with Gasteiger partial charge in [-0.25, -0.2) is 4.39 Å². The highest BCUT2D eigenvalue weighted by atomic mass is 19.1. The fourth-order valence-electron chi connectivity index (χ4n) is 2.50. The molecule has 20 heavy (non-hydrogen) atoms. The highest BCUT2D eigenvalue weighted by molar-refractivity contribution is 5.31. The Kier molecular flexibility index (Phi) is 4.24. The third-order valence-electron chi connectivity index (χ3n) is 3.63. The molecule has 0 radical (unpaired) electrons. The summed E-state index contributed by atoms with van der Waals surface area (Å²) in [6, 6.07) is 12.6. The van der Waals surface area contributed by atoms with Crippen molar-refractivity contribution in [2.45, 2.75) is 39.2 Å². The lowest BCUT2D eigenvalue weighted by atomic mass is 9.89. The minimum atomic E-state index is -0.879. The van der Waals surface area contributed by atoms with Gasteiger partial charge in [-0.15, -0.1) is 0 Å². The van der Waals surface area contributed by atoms with Gasteiger partial charge in [0.05, 0.1) is 5.60 Å². The van der Waals surface area contributed by atoms with E-state index in [1.165, 1.54) is 23.3 Å². The van der Waals surface area contributed by atoms with Crippen LogP contribution in [0.15, 0.2) is 42.5 Å². The summed E-state index contributed by atoms with van der Waals surface area (Å²) in [5.74, 6) is -0.260. The largest absolute Gasteiger partial charge is 0.389 e. The molecule has 0 amide bonds. The van der Waals surface area contributed by atoms with E-state index in [0.717, 1.165) is 11.1 Å². The van der Waals surface area contributed by atoms with Gasteiger partial charge >= 0.3 is 0 Å². The lowest BCUT2D eigenvalue weighted by Gasteiger charge is -2.24. The molecule has 1 nitrogen and oxygen atoms in total. The van der Waals surface area contributed by atoms with E-state index >= 15 is 0 Å². The number of hydrogen-bond donors (Lipinski definition) is 1. The van der Waals surface area contributed by atoms with Gasteiger partial charge in [0.2, 0.25) is 0 Å². The normalized spacial score (nSPS) is 14.1. The van der Waals surface area contributed by atoms with Crippen molar-refractivity contribution < 1.29 is 9.50 Å². The molecule has 0 fully saturated rings. The Bertz CT molecular complexity index is 602. The zero-order valence-electron chi connectivity index (χ0n) is 12.3. The second kappa shape index (κ2) is 5.76. The Morgan fingerprint density at radius 2 is 1.60 bits per heavy atom. The summed E-state index contributed by atoms with van der Waals surface area (Å²) in [7, 11) is 0. The molecule has 0 aliphatic carbocycles. The monoisotopic (exact) mass is 272 g/mol. The molecule has 0 saturated carbocycles. The number of aryl methyl sites for hydroxylation is 2. The molecule has 106 valence electrons. The summed E-state index contributed by atoms with van der Waals surface area (Å²) in [5, 5.41) is 10.5. The van der Waals surface area contributed by atoms with Crippen molar-refractivity contribution in [2.24, 2.45) is 0 Å². The molecule has 0 aromatic heterocycles. The van der Waals surface area contributed by atoms with Crippen LogP contribution in [0.4, 0.5) is 4.39 Å². The molecule has 1 atom stereocenters. The van der Waals surface area contributed by atoms with Crippen LogP contribution in [0.1, 0.15) is 29.2 Å². The molecule has 2 heteroatoms. The molecule has 0 bridgehead atoms. The lowest BCUT2D eigenvalue weighted by Crippen LogP contribution is -2.30. The molecule has 0 spiro atoms. The van der Waals surface area contributed by atoms with Gasteiger partial charge in [0.15, 0.2) is 0 Å². The minimum absolute atomic E-state index is 0.260. The molecule has 0 aliphatic heterocycles. The van der Waals surface area contributed by atoms with E-state index in [1.54, 1.807) is 13.0 Å². The van der Waals surface area contributed by atoms with Crippen molar-refractivity contribution in [3.63, 3.8) is 0 Å². The van der Waals surface area contributed by atoms with Gasteiger partial charge in [0.1, 0.15) is 5.82 Å². The molecular formula is C18H21FO. The van der Waals surface area contributed by atoms with Gasteiger partial charge in [-0.05, 0) is 55.2 Å². The van der Waals surface area contributed by atoms with Gasteiger partial charge in [-0.3, -0.25) is 0 Å². The second-order valence-corrected chi connectivity index (χ2v) is 5.90. The summed E-state index contributed by atoms with van der Waals surface area (Å²) in [5.41, 5.74) is 3.52. The van der Waals surface area contributed by atoms with E-state index in [1.807, 2.05) is 12.1 Å². The van der Waals surface area contributed by atoms with Gasteiger partial charge in [0.25, 0.3) is 0 Å². The predicted octanol–water partition coefficient (Wildman–Crippen LogP) is 3.98. The van der Waals surface area contributed by atoms with Crippen LogP contribution in [0.5, 0.6) is 0 Å². The van der Waals surface area contributed by atoms with Crippen LogP contribution >= 0.6 is 0 Å². The SMILES string of the molecule is Cc1ccc(CC(C)(O)Cc2cccc(F)c2)cc1C. The van der Waals surface area contributed by atoms with Crippen LogP contribution in [0.25, 0.3) is 0 Å². The average Bonchev–Trinajstić information content (AvgIpc) is 2.33. The smallest absolute Gasteiger partial charge is 0.123 e. The van der Waals surface area contributed by atoms with Crippen molar-refractivity contribution in [3.05, 3.63) is 70.5 Å². The highest BCUT2D eigenvalue weighted by Crippen LogP contribution is 2.21. The number of rotatable bonds is 4. The highest BCUT2D eigenvalue weighted by Gasteiger charge is 2.22. The van der Waals surface area contributed by atoms with Crippen LogP contribution in [0.3, 0.4) is 0 Å². The first kappa shape index (κ1) is 14.7. The van der Waals surface area contributed by atoms with Crippen molar-refractivity contribution in [1.82, 2.24) is 0 Å². The standard InChI is InChI=1S/C18H21FO/c1-13-7-8-16(9-14(13)2)12-18(3,20)11-15-5-4-6-17(19)10-15/h4-10,20H,11-12H2,1-3H3. The Labute approximate surface area is 120 Å². The summed E-state index contributed by atoms with van der Waals surface area (Å²) in [6.07, 6.45) is 1.00. The maximum atomic E-state index is 13.2. The van der Waals surface area contributed by atoms with Crippen molar-refractivity contribution in [1.29, 1.82) is 0 Å². The zero-order valence-corrected chi connectivity index (χ0v) is 12.3. The third kappa shape index (κ3) is 3.91. The number of benzene rings is 2. The van der Waals surface area contributed by atoms with Gasteiger partial charge in [0, 0.05) is 12.8 Å². The quantitative estimate of drug-likeness (QED) is 0.892. The maximum Gasteiger partial charge on any atom is 0.123 e. The Morgan fingerprint density at radius 3 is 2.20 bits per heavy atom. The van der Waals surface area contributed by atoms with E-state index in [4.69, 9.17) is 0 Å². The van der Waals surface area contributed by atoms with Gasteiger partial charge < -0.3 is 5.11 Å². The summed E-state index contributed by atoms with van der Waals surface area (Å²) < 4.78 is 13.2. The van der Waals surface area contributed by atoms with Crippen molar-refractivity contribution in [3.8, 4) is 0 Å². The molecule has 1 unspecified atom stereocenters. The fraction of sp³-hybridized carbons (Fsp3) is 0.333. The molecular weight excluding hydrogens is 251 g/mol.